The number of hydrogen-bond acceptors (Lipinski definition) is 5. The number of hydrogen-bond donors (Lipinski definition) is 2. The molecule has 19 heavy (non-hydrogen) atoms. The highest BCUT2D eigenvalue weighted by Gasteiger charge is 2.18. The van der Waals surface area contributed by atoms with Gasteiger partial charge >= 0.3 is 0 Å². The summed E-state index contributed by atoms with van der Waals surface area (Å²) in [7, 11) is 0. The summed E-state index contributed by atoms with van der Waals surface area (Å²) in [5.74, 6) is 1.94. The van der Waals surface area contributed by atoms with Gasteiger partial charge in [-0.2, -0.15) is 0 Å². The van der Waals surface area contributed by atoms with Crippen LogP contribution >= 0.6 is 0 Å². The van der Waals surface area contributed by atoms with Crippen molar-refractivity contribution in [3.8, 4) is 0 Å². The molecule has 0 amide bonds. The van der Waals surface area contributed by atoms with Crippen molar-refractivity contribution in [2.24, 2.45) is 0 Å². The van der Waals surface area contributed by atoms with E-state index in [0.29, 0.717) is 6.04 Å². The lowest BCUT2D eigenvalue weighted by atomic mass is 10.2. The summed E-state index contributed by atoms with van der Waals surface area (Å²) in [4.78, 5) is 13.5. The molecule has 1 unspecified atom stereocenters. The minimum atomic E-state index is 0.440. The average Bonchev–Trinajstić information content (AvgIpc) is 3.05. The lowest BCUT2D eigenvalue weighted by Crippen LogP contribution is -2.22. The zero-order chi connectivity index (χ0) is 13.2. The van der Waals surface area contributed by atoms with Crippen molar-refractivity contribution in [2.75, 3.05) is 18.4 Å². The summed E-state index contributed by atoms with van der Waals surface area (Å²) in [5.41, 5.74) is 1.83. The Morgan fingerprint density at radius 2 is 2.32 bits per heavy atom. The number of nitrogens with one attached hydrogen (secondary N) is 2. The topological polar surface area (TPSA) is 67.7 Å². The molecule has 2 aromatic heterocycles. The number of imidazole rings is 1. The zero-order valence-corrected chi connectivity index (χ0v) is 11.5. The third kappa shape index (κ3) is 2.16. The Balaban J connectivity index is 2.02. The normalized spacial score (nSPS) is 19.2. The third-order valence-corrected chi connectivity index (χ3v) is 3.64. The first kappa shape index (κ1) is 12.3. The van der Waals surface area contributed by atoms with Gasteiger partial charge in [0.15, 0.2) is 17.0 Å². The quantitative estimate of drug-likeness (QED) is 0.864. The largest absolute Gasteiger partial charge is 0.364 e. The van der Waals surface area contributed by atoms with E-state index in [1.807, 2.05) is 0 Å². The molecular formula is C13H20N6. The van der Waals surface area contributed by atoms with Gasteiger partial charge in [0.2, 0.25) is 0 Å². The van der Waals surface area contributed by atoms with Gasteiger partial charge < -0.3 is 15.2 Å². The van der Waals surface area contributed by atoms with Crippen LogP contribution in [0.15, 0.2) is 6.33 Å². The van der Waals surface area contributed by atoms with Crippen LogP contribution in [0, 0.1) is 0 Å². The molecule has 0 spiro atoms. The van der Waals surface area contributed by atoms with Crippen LogP contribution in [-0.4, -0.2) is 38.7 Å². The molecule has 6 heteroatoms. The first-order chi connectivity index (χ1) is 9.33. The molecule has 1 aliphatic heterocycles. The van der Waals surface area contributed by atoms with Crippen molar-refractivity contribution in [1.29, 1.82) is 0 Å². The maximum atomic E-state index is 4.70. The van der Waals surface area contributed by atoms with Crippen LogP contribution in [0.5, 0.6) is 0 Å². The summed E-state index contributed by atoms with van der Waals surface area (Å²) < 4.78 is 2.16. The van der Waals surface area contributed by atoms with Gasteiger partial charge in [0.25, 0.3) is 0 Å². The molecule has 0 aliphatic carbocycles. The van der Waals surface area contributed by atoms with Gasteiger partial charge in [-0.05, 0) is 19.9 Å². The van der Waals surface area contributed by atoms with Crippen LogP contribution in [0.4, 0.5) is 5.82 Å². The molecule has 1 aliphatic rings. The highest BCUT2D eigenvalue weighted by molar-refractivity contribution is 5.83. The third-order valence-electron chi connectivity index (χ3n) is 3.64. The molecule has 1 atom stereocenters. The number of aryl methyl sites for hydroxylation is 2. The minimum Gasteiger partial charge on any atom is -0.364 e. The predicted octanol–water partition coefficient (Wildman–Crippen LogP) is 1.18. The monoisotopic (exact) mass is 260 g/mol. The average molecular weight is 260 g/mol. The molecule has 3 rings (SSSR count). The molecular weight excluding hydrogens is 240 g/mol. The molecule has 2 N–H and O–H groups in total. The first-order valence-electron chi connectivity index (χ1n) is 7.00. The van der Waals surface area contributed by atoms with Crippen LogP contribution in [0.2, 0.25) is 0 Å². The predicted molar refractivity (Wildman–Crippen MR) is 75.3 cm³/mol. The van der Waals surface area contributed by atoms with Crippen LogP contribution in [0.3, 0.4) is 0 Å². The fourth-order valence-corrected chi connectivity index (χ4v) is 2.66. The molecule has 1 fully saturated rings. The maximum Gasteiger partial charge on any atom is 0.165 e. The fraction of sp³-hybridized carbons (Fsp3) is 0.615. The summed E-state index contributed by atoms with van der Waals surface area (Å²) in [6, 6.07) is 0.440. The summed E-state index contributed by atoms with van der Waals surface area (Å²) in [5, 5.41) is 6.83. The van der Waals surface area contributed by atoms with Crippen molar-refractivity contribution in [3.05, 3.63) is 12.2 Å². The van der Waals surface area contributed by atoms with Crippen LogP contribution in [0.25, 0.3) is 11.2 Å². The molecule has 0 saturated carbocycles. The van der Waals surface area contributed by atoms with Gasteiger partial charge in [-0.3, -0.25) is 0 Å². The Bertz CT molecular complexity index is 570. The van der Waals surface area contributed by atoms with E-state index in [-0.39, 0.29) is 0 Å². The van der Waals surface area contributed by atoms with Crippen molar-refractivity contribution < 1.29 is 0 Å². The molecule has 102 valence electrons. The Kier molecular flexibility index (Phi) is 3.33. The number of nitrogens with zero attached hydrogens (tertiary/aromatic N) is 4. The molecule has 0 aromatic carbocycles. The van der Waals surface area contributed by atoms with E-state index in [1.165, 1.54) is 0 Å². The summed E-state index contributed by atoms with van der Waals surface area (Å²) in [6.07, 6.45) is 3.66. The SMILES string of the molecule is CCc1nc2c(NC3CCNC3)ncnc2n1CC. The van der Waals surface area contributed by atoms with Crippen molar-refractivity contribution >= 4 is 17.0 Å². The van der Waals surface area contributed by atoms with Crippen LogP contribution in [0.1, 0.15) is 26.1 Å². The number of aromatic nitrogens is 4. The smallest absolute Gasteiger partial charge is 0.165 e. The first-order valence-corrected chi connectivity index (χ1v) is 7.00. The second kappa shape index (κ2) is 5.13. The van der Waals surface area contributed by atoms with Crippen molar-refractivity contribution in [3.63, 3.8) is 0 Å². The van der Waals surface area contributed by atoms with E-state index in [9.17, 15) is 0 Å². The molecule has 2 aromatic rings. The van der Waals surface area contributed by atoms with Gasteiger partial charge in [0.1, 0.15) is 12.2 Å². The van der Waals surface area contributed by atoms with Crippen molar-refractivity contribution in [1.82, 2.24) is 24.8 Å². The van der Waals surface area contributed by atoms with E-state index in [1.54, 1.807) is 6.33 Å². The molecule has 1 saturated heterocycles. The van der Waals surface area contributed by atoms with Gasteiger partial charge in [0.05, 0.1) is 0 Å². The lowest BCUT2D eigenvalue weighted by molar-refractivity contribution is 0.719. The summed E-state index contributed by atoms with van der Waals surface area (Å²) in [6.45, 7) is 7.18. The van der Waals surface area contributed by atoms with Gasteiger partial charge in [0, 0.05) is 25.6 Å². The van der Waals surface area contributed by atoms with E-state index in [2.05, 4.69) is 39.0 Å². The molecule has 0 radical (unpaired) electrons. The lowest BCUT2D eigenvalue weighted by Gasteiger charge is -2.11. The minimum absolute atomic E-state index is 0.440. The van der Waals surface area contributed by atoms with Gasteiger partial charge in [-0.1, -0.05) is 6.92 Å². The Hall–Kier alpha value is -1.69. The van der Waals surface area contributed by atoms with E-state index < -0.39 is 0 Å². The Morgan fingerprint density at radius 3 is 3.00 bits per heavy atom. The Morgan fingerprint density at radius 1 is 1.42 bits per heavy atom. The molecule has 0 bridgehead atoms. The van der Waals surface area contributed by atoms with Crippen molar-refractivity contribution in [2.45, 2.75) is 39.3 Å². The van der Waals surface area contributed by atoms with E-state index >= 15 is 0 Å². The maximum absolute atomic E-state index is 4.70. The van der Waals surface area contributed by atoms with E-state index in [0.717, 1.165) is 55.3 Å². The molecule has 6 nitrogen and oxygen atoms in total. The Labute approximate surface area is 112 Å². The second-order valence-corrected chi connectivity index (χ2v) is 4.85. The second-order valence-electron chi connectivity index (χ2n) is 4.85. The van der Waals surface area contributed by atoms with Crippen LogP contribution < -0.4 is 10.6 Å². The fourth-order valence-electron chi connectivity index (χ4n) is 2.66. The molecule has 3 heterocycles. The number of fused-ring (bicyclic) bond motifs is 1. The standard InChI is InChI=1S/C13H20N6/c1-3-10-18-11-12(17-9-5-6-14-7-9)15-8-16-13(11)19(10)4-2/h8-9,14H,3-7H2,1-2H3,(H,15,16,17). The van der Waals surface area contributed by atoms with Gasteiger partial charge in [-0.15, -0.1) is 0 Å². The van der Waals surface area contributed by atoms with Crippen LogP contribution in [-0.2, 0) is 13.0 Å². The number of anilines is 1. The zero-order valence-electron chi connectivity index (χ0n) is 11.5. The summed E-state index contributed by atoms with van der Waals surface area (Å²) >= 11 is 0. The number of rotatable bonds is 4. The highest BCUT2D eigenvalue weighted by Crippen LogP contribution is 2.21. The van der Waals surface area contributed by atoms with E-state index in [4.69, 9.17) is 4.98 Å². The van der Waals surface area contributed by atoms with Gasteiger partial charge in [-0.25, -0.2) is 15.0 Å². The highest BCUT2D eigenvalue weighted by atomic mass is 15.2.